The first-order chi connectivity index (χ1) is 8.90. The molecular weight excluding hydrogens is 242 g/mol. The van der Waals surface area contributed by atoms with Crippen molar-refractivity contribution in [2.45, 2.75) is 26.2 Å². The van der Waals surface area contributed by atoms with E-state index in [-0.39, 0.29) is 0 Å². The number of fused-ring (bicyclic) bond motifs is 1. The van der Waals surface area contributed by atoms with Crippen molar-refractivity contribution in [1.82, 2.24) is 15.2 Å². The van der Waals surface area contributed by atoms with Crippen molar-refractivity contribution in [1.29, 1.82) is 0 Å². The van der Waals surface area contributed by atoms with E-state index in [1.807, 2.05) is 12.3 Å². The van der Waals surface area contributed by atoms with Gasteiger partial charge in [0.2, 0.25) is 0 Å². The molecule has 0 aromatic carbocycles. The lowest BCUT2D eigenvalue weighted by molar-refractivity contribution is 0.775. The molecule has 0 unspecified atom stereocenters. The van der Waals surface area contributed by atoms with E-state index in [1.165, 1.54) is 29.5 Å². The number of unbranched alkanes of at least 4 members (excludes halogenated alkanes) is 1. The molecule has 0 aliphatic heterocycles. The van der Waals surface area contributed by atoms with Gasteiger partial charge in [0.05, 0.1) is 11.2 Å². The summed E-state index contributed by atoms with van der Waals surface area (Å²) < 4.78 is 0. The second kappa shape index (κ2) is 4.90. The second-order valence-corrected chi connectivity index (χ2v) is 5.15. The van der Waals surface area contributed by atoms with Crippen molar-refractivity contribution in [3.05, 3.63) is 34.8 Å². The Morgan fingerprint density at radius 2 is 2.28 bits per heavy atom. The molecule has 0 aliphatic rings. The van der Waals surface area contributed by atoms with Crippen LogP contribution in [0.2, 0.25) is 0 Å². The summed E-state index contributed by atoms with van der Waals surface area (Å²) >= 11 is 1.70. The Morgan fingerprint density at radius 1 is 1.33 bits per heavy atom. The van der Waals surface area contributed by atoms with Gasteiger partial charge in [0.1, 0.15) is 0 Å². The first-order valence-corrected chi connectivity index (χ1v) is 7.19. The number of aromatic amines is 1. The Hall–Kier alpha value is -1.68. The quantitative estimate of drug-likeness (QED) is 0.766. The normalized spacial score (nSPS) is 11.2. The first-order valence-electron chi connectivity index (χ1n) is 6.24. The highest BCUT2D eigenvalue weighted by Gasteiger charge is 2.12. The van der Waals surface area contributed by atoms with E-state index in [4.69, 9.17) is 0 Å². The van der Waals surface area contributed by atoms with Gasteiger partial charge in [-0.3, -0.25) is 10.1 Å². The molecule has 18 heavy (non-hydrogen) atoms. The molecule has 3 heterocycles. The van der Waals surface area contributed by atoms with Crippen LogP contribution < -0.4 is 0 Å². The van der Waals surface area contributed by atoms with E-state index < -0.39 is 0 Å². The lowest BCUT2D eigenvalue weighted by Gasteiger charge is -2.02. The van der Waals surface area contributed by atoms with Crippen molar-refractivity contribution >= 4 is 22.2 Å². The zero-order valence-corrected chi connectivity index (χ0v) is 11.1. The monoisotopic (exact) mass is 257 g/mol. The van der Waals surface area contributed by atoms with E-state index in [1.54, 1.807) is 11.3 Å². The van der Waals surface area contributed by atoms with Gasteiger partial charge in [0.15, 0.2) is 0 Å². The zero-order valence-electron chi connectivity index (χ0n) is 10.3. The summed E-state index contributed by atoms with van der Waals surface area (Å²) in [5.41, 5.74) is 4.46. The van der Waals surface area contributed by atoms with Gasteiger partial charge in [-0.2, -0.15) is 16.4 Å². The van der Waals surface area contributed by atoms with Crippen molar-refractivity contribution in [3.8, 4) is 11.3 Å². The summed E-state index contributed by atoms with van der Waals surface area (Å²) in [5, 5.41) is 13.0. The van der Waals surface area contributed by atoms with Gasteiger partial charge >= 0.3 is 0 Å². The average molecular weight is 257 g/mol. The van der Waals surface area contributed by atoms with Gasteiger partial charge in [-0.1, -0.05) is 13.3 Å². The lowest BCUT2D eigenvalue weighted by Crippen LogP contribution is -1.89. The minimum atomic E-state index is 1.01. The largest absolute Gasteiger partial charge is 0.281 e. The fraction of sp³-hybridized carbons (Fsp3) is 0.286. The van der Waals surface area contributed by atoms with Gasteiger partial charge in [-0.15, -0.1) is 0 Å². The molecule has 0 bridgehead atoms. The van der Waals surface area contributed by atoms with Gasteiger partial charge in [0.25, 0.3) is 0 Å². The third-order valence-corrected chi connectivity index (χ3v) is 3.80. The van der Waals surface area contributed by atoms with Gasteiger partial charge < -0.3 is 0 Å². The zero-order chi connectivity index (χ0) is 12.4. The van der Waals surface area contributed by atoms with E-state index in [9.17, 15) is 0 Å². The predicted molar refractivity (Wildman–Crippen MR) is 75.8 cm³/mol. The smallest absolute Gasteiger partial charge is 0.0961 e. The third-order valence-electron chi connectivity index (χ3n) is 3.12. The summed E-state index contributed by atoms with van der Waals surface area (Å²) in [6.07, 6.45) is 5.24. The molecule has 0 amide bonds. The van der Waals surface area contributed by atoms with E-state index >= 15 is 0 Å². The molecule has 0 atom stereocenters. The van der Waals surface area contributed by atoms with Crippen LogP contribution in [0.4, 0.5) is 0 Å². The van der Waals surface area contributed by atoms with Crippen LogP contribution in [0, 0.1) is 0 Å². The van der Waals surface area contributed by atoms with Crippen molar-refractivity contribution in [2.24, 2.45) is 0 Å². The number of nitrogens with one attached hydrogen (secondary N) is 1. The second-order valence-electron chi connectivity index (χ2n) is 4.37. The maximum atomic E-state index is 4.54. The van der Waals surface area contributed by atoms with Gasteiger partial charge in [-0.05, 0) is 30.4 Å². The molecule has 0 spiro atoms. The maximum absolute atomic E-state index is 4.54. The predicted octanol–water partition coefficient (Wildman–Crippen LogP) is 4.03. The number of H-pyrrole nitrogens is 1. The van der Waals surface area contributed by atoms with E-state index in [0.29, 0.717) is 0 Å². The Morgan fingerprint density at radius 3 is 3.06 bits per heavy atom. The molecular formula is C14H15N3S. The minimum absolute atomic E-state index is 1.01. The highest BCUT2D eigenvalue weighted by molar-refractivity contribution is 7.08. The number of nitrogens with zero attached hydrogens (tertiary/aromatic N) is 2. The molecule has 1 N–H and O–H groups in total. The maximum Gasteiger partial charge on any atom is 0.0961 e. The molecule has 4 heteroatoms. The lowest BCUT2D eigenvalue weighted by atomic mass is 10.1. The number of hydrogen-bond donors (Lipinski definition) is 1. The first kappa shape index (κ1) is 11.4. The Kier molecular flexibility index (Phi) is 3.11. The fourth-order valence-corrected chi connectivity index (χ4v) is 2.82. The van der Waals surface area contributed by atoms with Crippen LogP contribution in [0.3, 0.4) is 0 Å². The highest BCUT2D eigenvalue weighted by atomic mass is 32.1. The molecule has 3 nitrogen and oxygen atoms in total. The van der Waals surface area contributed by atoms with Crippen LogP contribution in [-0.2, 0) is 6.42 Å². The summed E-state index contributed by atoms with van der Waals surface area (Å²) in [5.74, 6) is 0. The van der Waals surface area contributed by atoms with Crippen LogP contribution in [0.1, 0.15) is 25.5 Å². The molecule has 3 rings (SSSR count). The van der Waals surface area contributed by atoms with Crippen molar-refractivity contribution < 1.29 is 0 Å². The SMILES string of the molecule is CCCCc1[nH]nc2ccnc(-c3ccsc3)c12. The van der Waals surface area contributed by atoms with Gasteiger partial charge in [0, 0.05) is 28.2 Å². The Bertz CT molecular complexity index is 640. The number of thiophene rings is 1. The molecule has 0 radical (unpaired) electrons. The minimum Gasteiger partial charge on any atom is -0.281 e. The summed E-state index contributed by atoms with van der Waals surface area (Å²) in [4.78, 5) is 4.54. The highest BCUT2D eigenvalue weighted by Crippen LogP contribution is 2.29. The molecule has 3 aromatic rings. The number of rotatable bonds is 4. The number of pyridine rings is 1. The summed E-state index contributed by atoms with van der Waals surface area (Å²) in [6.45, 7) is 2.20. The summed E-state index contributed by atoms with van der Waals surface area (Å²) in [7, 11) is 0. The van der Waals surface area contributed by atoms with Crippen LogP contribution in [0.25, 0.3) is 22.2 Å². The molecule has 92 valence electrons. The number of aromatic nitrogens is 3. The van der Waals surface area contributed by atoms with Crippen LogP contribution in [0.5, 0.6) is 0 Å². The van der Waals surface area contributed by atoms with Crippen molar-refractivity contribution in [2.75, 3.05) is 0 Å². The Labute approximate surface area is 110 Å². The molecule has 3 aromatic heterocycles. The van der Waals surface area contributed by atoms with Crippen LogP contribution >= 0.6 is 11.3 Å². The fourth-order valence-electron chi connectivity index (χ4n) is 2.18. The Balaban J connectivity index is 2.16. The molecule has 0 saturated heterocycles. The topological polar surface area (TPSA) is 41.6 Å². The molecule has 0 saturated carbocycles. The van der Waals surface area contributed by atoms with Crippen LogP contribution in [-0.4, -0.2) is 15.2 Å². The van der Waals surface area contributed by atoms with Crippen LogP contribution in [0.15, 0.2) is 29.1 Å². The average Bonchev–Trinajstić information content (AvgIpc) is 3.05. The molecule has 0 fully saturated rings. The standard InChI is InChI=1S/C14H15N3S/c1-2-3-4-11-13-12(17-16-11)5-7-15-14(13)10-6-8-18-9-10/h5-9H,2-4H2,1H3,(H,16,17). The number of aryl methyl sites for hydroxylation is 1. The third kappa shape index (κ3) is 1.93. The number of hydrogen-bond acceptors (Lipinski definition) is 3. The summed E-state index contributed by atoms with van der Waals surface area (Å²) in [6, 6.07) is 4.08. The van der Waals surface area contributed by atoms with E-state index in [0.717, 1.165) is 17.6 Å². The van der Waals surface area contributed by atoms with Gasteiger partial charge in [-0.25, -0.2) is 0 Å². The van der Waals surface area contributed by atoms with Crippen molar-refractivity contribution in [3.63, 3.8) is 0 Å². The molecule has 0 aliphatic carbocycles. The van der Waals surface area contributed by atoms with E-state index in [2.05, 4.69) is 38.9 Å².